The van der Waals surface area contributed by atoms with Crippen LogP contribution in [0.3, 0.4) is 0 Å². The third kappa shape index (κ3) is 3.01. The van der Waals surface area contributed by atoms with Gasteiger partial charge in [-0.3, -0.25) is 0 Å². The van der Waals surface area contributed by atoms with Crippen molar-refractivity contribution < 1.29 is 8.78 Å². The van der Waals surface area contributed by atoms with Crippen LogP contribution in [-0.2, 0) is 5.41 Å². The summed E-state index contributed by atoms with van der Waals surface area (Å²) in [6.45, 7) is 7.58. The number of nitrogens with one attached hydrogen (secondary N) is 1. The summed E-state index contributed by atoms with van der Waals surface area (Å²) >= 11 is 0. The quantitative estimate of drug-likeness (QED) is 0.761. The second kappa shape index (κ2) is 5.39. The first-order valence-electron chi connectivity index (χ1n) is 5.64. The van der Waals surface area contributed by atoms with Crippen molar-refractivity contribution in [2.75, 3.05) is 13.1 Å². The summed E-state index contributed by atoms with van der Waals surface area (Å²) in [4.78, 5) is 0. The SMILES string of the molecule is CCNCCC(C)(C)c1cccc(F)c1F. The summed E-state index contributed by atoms with van der Waals surface area (Å²) in [5.41, 5.74) is 0.0966. The number of hydrogen-bond donors (Lipinski definition) is 1. The summed E-state index contributed by atoms with van der Waals surface area (Å²) in [5, 5.41) is 3.19. The van der Waals surface area contributed by atoms with Gasteiger partial charge in [0.05, 0.1) is 0 Å². The minimum atomic E-state index is -0.769. The molecular formula is C13H19F2N. The van der Waals surface area contributed by atoms with Gasteiger partial charge in [0.2, 0.25) is 0 Å². The van der Waals surface area contributed by atoms with Crippen LogP contribution in [0.25, 0.3) is 0 Å². The Labute approximate surface area is 95.9 Å². The Morgan fingerprint density at radius 2 is 1.94 bits per heavy atom. The maximum Gasteiger partial charge on any atom is 0.162 e. The first kappa shape index (κ1) is 13.1. The number of rotatable bonds is 5. The molecule has 0 aromatic heterocycles. The van der Waals surface area contributed by atoms with Crippen LogP contribution >= 0.6 is 0 Å². The van der Waals surface area contributed by atoms with Crippen LogP contribution in [0.5, 0.6) is 0 Å². The van der Waals surface area contributed by atoms with E-state index in [9.17, 15) is 8.78 Å². The Hall–Kier alpha value is -0.960. The molecule has 1 N–H and O–H groups in total. The molecule has 0 aliphatic carbocycles. The molecule has 0 amide bonds. The van der Waals surface area contributed by atoms with E-state index in [-0.39, 0.29) is 5.41 Å². The van der Waals surface area contributed by atoms with Gasteiger partial charge in [0, 0.05) is 0 Å². The Bertz CT molecular complexity index is 348. The van der Waals surface area contributed by atoms with Crippen LogP contribution in [0, 0.1) is 11.6 Å². The van der Waals surface area contributed by atoms with Crippen LogP contribution in [-0.4, -0.2) is 13.1 Å². The molecule has 90 valence electrons. The lowest BCUT2D eigenvalue weighted by atomic mass is 9.81. The molecule has 1 rings (SSSR count). The normalized spacial score (nSPS) is 11.8. The van der Waals surface area contributed by atoms with Crippen molar-refractivity contribution in [2.24, 2.45) is 0 Å². The lowest BCUT2D eigenvalue weighted by molar-refractivity contribution is 0.417. The van der Waals surface area contributed by atoms with Crippen LogP contribution in [0.15, 0.2) is 18.2 Å². The summed E-state index contributed by atoms with van der Waals surface area (Å²) < 4.78 is 26.7. The minimum absolute atomic E-state index is 0.353. The van der Waals surface area contributed by atoms with Gasteiger partial charge in [-0.25, -0.2) is 8.78 Å². The average molecular weight is 227 g/mol. The molecule has 0 aliphatic rings. The molecule has 0 saturated heterocycles. The van der Waals surface area contributed by atoms with E-state index in [0.29, 0.717) is 5.56 Å². The van der Waals surface area contributed by atoms with Gasteiger partial charge >= 0.3 is 0 Å². The van der Waals surface area contributed by atoms with Gasteiger partial charge in [0.25, 0.3) is 0 Å². The van der Waals surface area contributed by atoms with Crippen LogP contribution in [0.2, 0.25) is 0 Å². The Morgan fingerprint density at radius 3 is 2.56 bits per heavy atom. The van der Waals surface area contributed by atoms with E-state index in [1.807, 2.05) is 20.8 Å². The zero-order valence-electron chi connectivity index (χ0n) is 10.1. The van der Waals surface area contributed by atoms with Crippen LogP contribution in [0.4, 0.5) is 8.78 Å². The van der Waals surface area contributed by atoms with E-state index < -0.39 is 11.6 Å². The van der Waals surface area contributed by atoms with E-state index in [2.05, 4.69) is 5.32 Å². The van der Waals surface area contributed by atoms with Crippen LogP contribution in [0.1, 0.15) is 32.8 Å². The lowest BCUT2D eigenvalue weighted by Gasteiger charge is -2.26. The largest absolute Gasteiger partial charge is 0.317 e. The van der Waals surface area contributed by atoms with Gasteiger partial charge in [-0.15, -0.1) is 0 Å². The summed E-state index contributed by atoms with van der Waals surface area (Å²) in [6.07, 6.45) is 0.779. The molecule has 0 aliphatic heterocycles. The molecule has 0 heterocycles. The monoisotopic (exact) mass is 227 g/mol. The molecule has 1 nitrogen and oxygen atoms in total. The van der Waals surface area contributed by atoms with Crippen molar-refractivity contribution in [1.82, 2.24) is 5.32 Å². The Kier molecular flexibility index (Phi) is 4.42. The number of benzene rings is 1. The minimum Gasteiger partial charge on any atom is -0.317 e. The van der Waals surface area contributed by atoms with Gasteiger partial charge in [-0.05, 0) is 36.6 Å². The molecule has 0 fully saturated rings. The predicted molar refractivity (Wildman–Crippen MR) is 62.5 cm³/mol. The Morgan fingerprint density at radius 1 is 1.25 bits per heavy atom. The third-order valence-corrected chi connectivity index (χ3v) is 2.86. The van der Waals surface area contributed by atoms with Gasteiger partial charge < -0.3 is 5.32 Å². The van der Waals surface area contributed by atoms with Crippen molar-refractivity contribution in [2.45, 2.75) is 32.6 Å². The first-order valence-corrected chi connectivity index (χ1v) is 5.64. The van der Waals surface area contributed by atoms with Gasteiger partial charge in [-0.1, -0.05) is 32.9 Å². The number of halogens is 2. The molecule has 0 radical (unpaired) electrons. The molecule has 0 bridgehead atoms. The first-order chi connectivity index (χ1) is 7.49. The van der Waals surface area contributed by atoms with Gasteiger partial charge in [0.1, 0.15) is 0 Å². The molecule has 1 aromatic carbocycles. The third-order valence-electron chi connectivity index (χ3n) is 2.86. The Balaban J connectivity index is 2.84. The highest BCUT2D eigenvalue weighted by atomic mass is 19.2. The molecule has 1 aromatic rings. The highest BCUT2D eigenvalue weighted by molar-refractivity contribution is 5.26. The average Bonchev–Trinajstić information content (AvgIpc) is 2.22. The van der Waals surface area contributed by atoms with Crippen molar-refractivity contribution in [3.05, 3.63) is 35.4 Å². The van der Waals surface area contributed by atoms with Crippen molar-refractivity contribution >= 4 is 0 Å². The van der Waals surface area contributed by atoms with E-state index in [1.54, 1.807) is 12.1 Å². The summed E-state index contributed by atoms with van der Waals surface area (Å²) in [5.74, 6) is -1.49. The highest BCUT2D eigenvalue weighted by Crippen LogP contribution is 2.29. The van der Waals surface area contributed by atoms with E-state index in [4.69, 9.17) is 0 Å². The topological polar surface area (TPSA) is 12.0 Å². The lowest BCUT2D eigenvalue weighted by Crippen LogP contribution is -2.26. The second-order valence-electron chi connectivity index (χ2n) is 4.59. The smallest absolute Gasteiger partial charge is 0.162 e. The fraction of sp³-hybridized carbons (Fsp3) is 0.538. The second-order valence-corrected chi connectivity index (χ2v) is 4.59. The van der Waals surface area contributed by atoms with Gasteiger partial charge in [-0.2, -0.15) is 0 Å². The summed E-state index contributed by atoms with van der Waals surface area (Å²) in [6, 6.07) is 4.37. The predicted octanol–water partition coefficient (Wildman–Crippen LogP) is 3.24. The van der Waals surface area contributed by atoms with Crippen LogP contribution < -0.4 is 5.32 Å². The molecule has 16 heavy (non-hydrogen) atoms. The zero-order valence-corrected chi connectivity index (χ0v) is 10.1. The molecule has 0 spiro atoms. The molecule has 0 unspecified atom stereocenters. The molecule has 3 heteroatoms. The number of hydrogen-bond acceptors (Lipinski definition) is 1. The standard InChI is InChI=1S/C13H19F2N/c1-4-16-9-8-13(2,3)10-6-5-7-11(14)12(10)15/h5-7,16H,4,8-9H2,1-3H3. The van der Waals surface area contributed by atoms with Crippen molar-refractivity contribution in [1.29, 1.82) is 0 Å². The summed E-state index contributed by atoms with van der Waals surface area (Å²) in [7, 11) is 0. The zero-order chi connectivity index (χ0) is 12.2. The van der Waals surface area contributed by atoms with E-state index in [1.165, 1.54) is 0 Å². The molecular weight excluding hydrogens is 208 g/mol. The van der Waals surface area contributed by atoms with E-state index >= 15 is 0 Å². The van der Waals surface area contributed by atoms with Crippen molar-refractivity contribution in [3.63, 3.8) is 0 Å². The fourth-order valence-electron chi connectivity index (χ4n) is 1.74. The maximum absolute atomic E-state index is 13.6. The highest BCUT2D eigenvalue weighted by Gasteiger charge is 2.24. The maximum atomic E-state index is 13.6. The molecule has 0 atom stereocenters. The van der Waals surface area contributed by atoms with E-state index in [0.717, 1.165) is 25.6 Å². The molecule has 0 saturated carbocycles. The fourth-order valence-corrected chi connectivity index (χ4v) is 1.74. The van der Waals surface area contributed by atoms with Crippen molar-refractivity contribution in [3.8, 4) is 0 Å². The van der Waals surface area contributed by atoms with Gasteiger partial charge in [0.15, 0.2) is 11.6 Å².